The minimum Gasteiger partial charge on any atom is -0.349 e. The molecule has 1 heterocycles. The quantitative estimate of drug-likeness (QED) is 0.697. The highest BCUT2D eigenvalue weighted by molar-refractivity contribution is 5.12. The van der Waals surface area contributed by atoms with Crippen LogP contribution >= 0.6 is 0 Å². The third kappa shape index (κ3) is 8.21. The molecule has 0 aliphatic heterocycles. The number of hydrogen-bond donors (Lipinski definition) is 1. The Balaban J connectivity index is 0.000000494. The van der Waals surface area contributed by atoms with Gasteiger partial charge in [-0.25, -0.2) is 0 Å². The van der Waals surface area contributed by atoms with Crippen LogP contribution in [0, 0.1) is 24.1 Å². The van der Waals surface area contributed by atoms with Crippen molar-refractivity contribution < 1.29 is 28.9 Å². The van der Waals surface area contributed by atoms with Crippen molar-refractivity contribution in [1.29, 1.82) is 0 Å². The molecule has 0 saturated heterocycles. The summed E-state index contributed by atoms with van der Waals surface area (Å²) in [5.74, 6) is 0. The van der Waals surface area contributed by atoms with E-state index in [0.717, 1.165) is 17.9 Å². The molecule has 7 heteroatoms. The predicted molar refractivity (Wildman–Crippen MR) is 57.3 cm³/mol. The number of nitrogens with zero attached hydrogens (tertiary/aromatic N) is 1. The van der Waals surface area contributed by atoms with Crippen molar-refractivity contribution in [3.8, 4) is 0 Å². The first-order chi connectivity index (χ1) is 8.15. The van der Waals surface area contributed by atoms with Gasteiger partial charge in [0.25, 0.3) is 0 Å². The molecule has 1 aromatic rings. The fourth-order valence-electron chi connectivity index (χ4n) is 1.56. The van der Waals surface area contributed by atoms with E-state index in [1.54, 1.807) is 12.1 Å². The van der Waals surface area contributed by atoms with Gasteiger partial charge in [0, 0.05) is 30.1 Å². The number of aromatic nitrogens is 1. The summed E-state index contributed by atoms with van der Waals surface area (Å²) in [6.45, 7) is 7.18. The maximum absolute atomic E-state index is 11.1. The van der Waals surface area contributed by atoms with E-state index in [9.17, 15) is 4.79 Å². The molecule has 0 atom stereocenters. The number of unbranched alkanes of at least 4 members (excludes halogenated alkanes) is 1. The average molecular weight is 280 g/mol. The summed E-state index contributed by atoms with van der Waals surface area (Å²) >= 11 is 0. The Bertz CT molecular complexity index is 392. The van der Waals surface area contributed by atoms with E-state index in [0.29, 0.717) is 0 Å². The Labute approximate surface area is 108 Å². The maximum atomic E-state index is 11.1. The lowest BCUT2D eigenvalue weighted by atomic mass is 10.2. The molecule has 0 aliphatic rings. The third-order valence-corrected chi connectivity index (χ3v) is 2.29. The highest BCUT2D eigenvalue weighted by Gasteiger charge is 1.99. The van der Waals surface area contributed by atoms with Gasteiger partial charge in [-0.1, -0.05) is 13.3 Å². The second-order valence-electron chi connectivity index (χ2n) is 3.88. The molecule has 0 unspecified atom stereocenters. The Hall–Kier alpha value is -0.920. The van der Waals surface area contributed by atoms with Crippen molar-refractivity contribution in [2.45, 2.75) is 40.2 Å². The summed E-state index contributed by atoms with van der Waals surface area (Å²) in [5.41, 5.74) is 2.25. The molecule has 0 radical (unpaired) electrons. The summed E-state index contributed by atoms with van der Waals surface area (Å²) in [5, 5.41) is 0. The molecule has 0 fully saturated rings. The second kappa shape index (κ2) is 7.50. The zero-order valence-corrected chi connectivity index (χ0v) is 11.4. The summed E-state index contributed by atoms with van der Waals surface area (Å²) in [6, 6.07) is 3.39. The molecule has 0 aromatic carbocycles. The van der Waals surface area contributed by atoms with Gasteiger partial charge in [0.2, 0.25) is 0 Å². The van der Waals surface area contributed by atoms with E-state index in [1.807, 2.05) is 13.8 Å². The largest absolute Gasteiger partial charge is 0.349 e. The van der Waals surface area contributed by atoms with Crippen LogP contribution in [0.15, 0.2) is 16.9 Å². The highest BCUT2D eigenvalue weighted by atomic mass is 35.7. The molecular formula is C11H18ClNO5. The molecular weight excluding hydrogens is 262 g/mol. The van der Waals surface area contributed by atoms with Gasteiger partial charge in [-0.3, -0.25) is 4.79 Å². The highest BCUT2D eigenvalue weighted by Crippen LogP contribution is 2.03. The second-order valence-corrected chi connectivity index (χ2v) is 4.67. The standard InChI is InChI=1S/C11H17NO.ClHO4/c1-4-5-6-12-9(2)7-11(13)8-10(12)3;2-1(3,4)5/h7-8H,4-6H2,1-3H3;(H,2,3,4,5). The Morgan fingerprint density at radius 2 is 1.61 bits per heavy atom. The molecule has 1 rings (SSSR count). The van der Waals surface area contributed by atoms with Crippen LogP contribution in [-0.4, -0.2) is 9.23 Å². The van der Waals surface area contributed by atoms with Crippen LogP contribution in [0.1, 0.15) is 31.2 Å². The van der Waals surface area contributed by atoms with E-state index in [-0.39, 0.29) is 5.43 Å². The Kier molecular flexibility index (Phi) is 7.12. The molecule has 0 amide bonds. The van der Waals surface area contributed by atoms with Crippen molar-refractivity contribution in [1.82, 2.24) is 4.57 Å². The lowest BCUT2D eigenvalue weighted by molar-refractivity contribution is -1.92. The molecule has 104 valence electrons. The van der Waals surface area contributed by atoms with Crippen LogP contribution in [0.2, 0.25) is 0 Å². The third-order valence-electron chi connectivity index (χ3n) is 2.29. The lowest BCUT2D eigenvalue weighted by Crippen LogP contribution is -2.58. The summed E-state index contributed by atoms with van der Waals surface area (Å²) < 4.78 is 34.9. The molecule has 6 nitrogen and oxygen atoms in total. The molecule has 1 N–H and O–H groups in total. The van der Waals surface area contributed by atoms with Crippen LogP contribution in [0.25, 0.3) is 0 Å². The lowest BCUT2D eigenvalue weighted by Gasteiger charge is -2.13. The molecule has 0 spiro atoms. The van der Waals surface area contributed by atoms with E-state index in [2.05, 4.69) is 11.5 Å². The first-order valence-electron chi connectivity index (χ1n) is 5.46. The fourth-order valence-corrected chi connectivity index (χ4v) is 1.56. The van der Waals surface area contributed by atoms with Crippen molar-refractivity contribution in [2.75, 3.05) is 0 Å². The van der Waals surface area contributed by atoms with Gasteiger partial charge in [-0.15, -0.1) is 0 Å². The van der Waals surface area contributed by atoms with E-state index in [4.69, 9.17) is 18.6 Å². The smallest absolute Gasteiger partial charge is 0.182 e. The predicted octanol–water partition coefficient (Wildman–Crippen LogP) is -1.86. The SMILES string of the molecule is CCCCn1c(C)cc(=O)cc1C.[O-][Cl+3]([O-])([O-])O. The Morgan fingerprint density at radius 1 is 1.22 bits per heavy atom. The van der Waals surface area contributed by atoms with Gasteiger partial charge < -0.3 is 4.57 Å². The summed E-state index contributed by atoms with van der Waals surface area (Å²) in [4.78, 5) is 11.1. The maximum Gasteiger partial charge on any atom is 0.182 e. The normalized spacial score (nSPS) is 10.8. The number of aryl methyl sites for hydroxylation is 2. The molecule has 1 aromatic heterocycles. The zero-order valence-electron chi connectivity index (χ0n) is 10.7. The van der Waals surface area contributed by atoms with Crippen LogP contribution in [-0.2, 0) is 6.54 Å². The summed E-state index contributed by atoms with van der Waals surface area (Å²) in [6.07, 6.45) is 2.36. The fraction of sp³-hybridized carbons (Fsp3) is 0.545. The van der Waals surface area contributed by atoms with E-state index in [1.165, 1.54) is 12.8 Å². The number of pyridine rings is 1. The van der Waals surface area contributed by atoms with E-state index >= 15 is 0 Å². The molecule has 0 bridgehead atoms. The Morgan fingerprint density at radius 3 is 1.94 bits per heavy atom. The van der Waals surface area contributed by atoms with Crippen molar-refractivity contribution >= 4 is 0 Å². The van der Waals surface area contributed by atoms with Gasteiger partial charge in [0.15, 0.2) is 5.43 Å². The van der Waals surface area contributed by atoms with E-state index < -0.39 is 10.2 Å². The van der Waals surface area contributed by atoms with Gasteiger partial charge in [0.1, 0.15) is 0 Å². The van der Waals surface area contributed by atoms with Crippen LogP contribution in [0.4, 0.5) is 0 Å². The summed E-state index contributed by atoms with van der Waals surface area (Å²) in [7, 11) is -4.69. The number of rotatable bonds is 3. The van der Waals surface area contributed by atoms with Crippen LogP contribution in [0.3, 0.4) is 0 Å². The minimum atomic E-state index is -4.69. The first kappa shape index (κ1) is 17.1. The number of halogens is 1. The van der Waals surface area contributed by atoms with Crippen molar-refractivity contribution in [3.05, 3.63) is 33.7 Å². The van der Waals surface area contributed by atoms with Gasteiger partial charge in [-0.2, -0.15) is 14.0 Å². The van der Waals surface area contributed by atoms with Gasteiger partial charge >= 0.3 is 0 Å². The molecule has 0 saturated carbocycles. The van der Waals surface area contributed by atoms with Crippen LogP contribution < -0.4 is 19.4 Å². The zero-order chi connectivity index (χ0) is 14.3. The van der Waals surface area contributed by atoms with Gasteiger partial charge in [0.05, 0.1) is 14.9 Å². The van der Waals surface area contributed by atoms with Crippen molar-refractivity contribution in [2.24, 2.45) is 0 Å². The average Bonchev–Trinajstić information content (AvgIpc) is 2.13. The van der Waals surface area contributed by atoms with Crippen LogP contribution in [0.5, 0.6) is 0 Å². The van der Waals surface area contributed by atoms with Crippen molar-refractivity contribution in [3.63, 3.8) is 0 Å². The minimum absolute atomic E-state index is 0.114. The topological polar surface area (TPSA) is 111 Å². The monoisotopic (exact) mass is 279 g/mol. The molecule has 0 aliphatic carbocycles. The molecule has 18 heavy (non-hydrogen) atoms. The number of hydrogen-bond acceptors (Lipinski definition) is 5. The first-order valence-corrected chi connectivity index (χ1v) is 6.73. The van der Waals surface area contributed by atoms with Gasteiger partial charge in [-0.05, 0) is 20.3 Å².